The first-order chi connectivity index (χ1) is 12.4. The topological polar surface area (TPSA) is 104 Å². The number of halogens is 2. The second-order valence-electron chi connectivity index (χ2n) is 5.38. The van der Waals surface area contributed by atoms with Crippen LogP contribution in [0.4, 0.5) is 22.4 Å². The van der Waals surface area contributed by atoms with Gasteiger partial charge < -0.3 is 16.0 Å². The first-order valence-corrected chi connectivity index (χ1v) is 9.40. The highest BCUT2D eigenvalue weighted by Crippen LogP contribution is 2.25. The summed E-state index contributed by atoms with van der Waals surface area (Å²) in [5, 5.41) is 9.91. The Kier molecular flexibility index (Phi) is 7.55. The second kappa shape index (κ2) is 9.65. The maximum atomic E-state index is 12.0. The maximum absolute atomic E-state index is 12.0. The molecular weight excluding hydrogens is 397 g/mol. The number of aromatic nitrogens is 3. The minimum atomic E-state index is -0.447. The third-order valence-electron chi connectivity index (χ3n) is 2.78. The van der Waals surface area contributed by atoms with Crippen LogP contribution in [0.2, 0.25) is 10.0 Å². The molecule has 4 N–H and O–H groups in total. The van der Waals surface area contributed by atoms with E-state index in [4.69, 9.17) is 23.2 Å². The van der Waals surface area contributed by atoms with Gasteiger partial charge in [0.05, 0.1) is 10.0 Å². The van der Waals surface area contributed by atoms with Gasteiger partial charge >= 0.3 is 6.03 Å². The average Bonchev–Trinajstić information content (AvgIpc) is 2.56. The molecule has 140 valence electrons. The Bertz CT molecular complexity index is 776. The maximum Gasteiger partial charge on any atom is 0.329 e. The molecule has 0 bridgehead atoms. The van der Waals surface area contributed by atoms with Crippen molar-refractivity contribution >= 4 is 58.8 Å². The Morgan fingerprint density at radius 1 is 1.15 bits per heavy atom. The summed E-state index contributed by atoms with van der Waals surface area (Å²) in [4.78, 5) is 24.8. The average molecular weight is 416 g/mol. The van der Waals surface area contributed by atoms with E-state index >= 15 is 0 Å². The lowest BCUT2D eigenvalue weighted by molar-refractivity contribution is 0.257. The predicted molar refractivity (Wildman–Crippen MR) is 107 cm³/mol. The number of rotatable bonds is 7. The Morgan fingerprint density at radius 2 is 1.88 bits per heavy atom. The first kappa shape index (κ1) is 20.3. The molecule has 2 aromatic rings. The summed E-state index contributed by atoms with van der Waals surface area (Å²) in [7, 11) is 0. The Morgan fingerprint density at radius 3 is 2.54 bits per heavy atom. The summed E-state index contributed by atoms with van der Waals surface area (Å²) in [5.74, 6) is 0.861. The van der Waals surface area contributed by atoms with Gasteiger partial charge in [0.25, 0.3) is 0 Å². The summed E-state index contributed by atoms with van der Waals surface area (Å²) in [6.45, 7) is 6.56. The molecule has 0 fully saturated rings. The van der Waals surface area contributed by atoms with E-state index in [-0.39, 0.29) is 6.04 Å². The van der Waals surface area contributed by atoms with E-state index in [1.54, 1.807) is 18.2 Å². The van der Waals surface area contributed by atoms with Gasteiger partial charge in [0.15, 0.2) is 0 Å². The third kappa shape index (κ3) is 6.40. The van der Waals surface area contributed by atoms with Crippen LogP contribution in [0.1, 0.15) is 20.8 Å². The van der Waals surface area contributed by atoms with Crippen LogP contribution in [0.25, 0.3) is 0 Å². The number of nitrogens with one attached hydrogen (secondary N) is 4. The van der Waals surface area contributed by atoms with Gasteiger partial charge in [-0.05, 0) is 39.0 Å². The Labute approximate surface area is 166 Å². The van der Waals surface area contributed by atoms with Gasteiger partial charge in [0, 0.05) is 30.2 Å². The molecule has 0 spiro atoms. The monoisotopic (exact) mass is 415 g/mol. The number of anilines is 3. The van der Waals surface area contributed by atoms with Gasteiger partial charge in [-0.15, -0.1) is 0 Å². The van der Waals surface area contributed by atoms with Gasteiger partial charge in [-0.1, -0.05) is 23.2 Å². The van der Waals surface area contributed by atoms with Crippen LogP contribution in [0.3, 0.4) is 0 Å². The summed E-state index contributed by atoms with van der Waals surface area (Å²) < 4.78 is 2.61. The SMILES string of the molecule is CCNc1nc(NC(C)C)nc(SNC(=O)Nc2ccc(Cl)c(Cl)c2)n1. The van der Waals surface area contributed by atoms with Crippen molar-refractivity contribution in [1.82, 2.24) is 19.7 Å². The lowest BCUT2D eigenvalue weighted by Crippen LogP contribution is -2.23. The van der Waals surface area contributed by atoms with E-state index in [2.05, 4.69) is 35.6 Å². The summed E-state index contributed by atoms with van der Waals surface area (Å²) in [5.41, 5.74) is 0.517. The number of benzene rings is 1. The van der Waals surface area contributed by atoms with Crippen molar-refractivity contribution in [1.29, 1.82) is 0 Å². The van der Waals surface area contributed by atoms with Crippen molar-refractivity contribution in [2.45, 2.75) is 32.0 Å². The van der Waals surface area contributed by atoms with Crippen molar-refractivity contribution in [3.8, 4) is 0 Å². The molecule has 26 heavy (non-hydrogen) atoms. The molecule has 11 heteroatoms. The van der Waals surface area contributed by atoms with Crippen LogP contribution >= 0.6 is 35.1 Å². The van der Waals surface area contributed by atoms with Crippen molar-refractivity contribution in [2.24, 2.45) is 0 Å². The third-order valence-corrected chi connectivity index (χ3v) is 4.17. The van der Waals surface area contributed by atoms with Gasteiger partial charge in [0.2, 0.25) is 17.1 Å². The standard InChI is InChI=1S/C15H19Cl2N7OS/c1-4-18-12-21-13(19-8(2)3)23-15(22-12)26-24-14(25)20-9-5-6-10(16)11(17)7-9/h5-8H,4H2,1-3H3,(H2,20,24,25)(H2,18,19,21,22,23). The molecule has 0 aliphatic carbocycles. The van der Waals surface area contributed by atoms with Gasteiger partial charge in [-0.25, -0.2) is 4.79 Å². The number of amides is 2. The first-order valence-electron chi connectivity index (χ1n) is 7.82. The molecule has 2 rings (SSSR count). The van der Waals surface area contributed by atoms with Crippen LogP contribution in [-0.2, 0) is 0 Å². The quantitative estimate of drug-likeness (QED) is 0.500. The van der Waals surface area contributed by atoms with E-state index in [0.29, 0.717) is 39.3 Å². The second-order valence-corrected chi connectivity index (χ2v) is 6.97. The number of urea groups is 1. The van der Waals surface area contributed by atoms with Crippen LogP contribution in [0.5, 0.6) is 0 Å². The smallest absolute Gasteiger partial charge is 0.329 e. The molecule has 0 aliphatic rings. The molecule has 8 nitrogen and oxygen atoms in total. The lowest BCUT2D eigenvalue weighted by atomic mass is 10.3. The van der Waals surface area contributed by atoms with Crippen molar-refractivity contribution < 1.29 is 4.79 Å². The fourth-order valence-corrected chi connectivity index (χ4v) is 2.58. The van der Waals surface area contributed by atoms with Crippen molar-refractivity contribution in [2.75, 3.05) is 22.5 Å². The fraction of sp³-hybridized carbons (Fsp3) is 0.333. The molecule has 0 atom stereocenters. The molecule has 1 aromatic carbocycles. The highest BCUT2D eigenvalue weighted by molar-refractivity contribution is 7.97. The van der Waals surface area contributed by atoms with E-state index in [1.807, 2.05) is 20.8 Å². The van der Waals surface area contributed by atoms with Crippen LogP contribution in [0.15, 0.2) is 23.4 Å². The summed E-state index contributed by atoms with van der Waals surface area (Å²) in [6.07, 6.45) is 0. The van der Waals surface area contributed by atoms with E-state index in [1.165, 1.54) is 0 Å². The van der Waals surface area contributed by atoms with Gasteiger partial charge in [-0.3, -0.25) is 4.72 Å². The number of carbonyl (C=O) groups excluding carboxylic acids is 1. The zero-order valence-electron chi connectivity index (χ0n) is 14.4. The molecule has 0 saturated carbocycles. The minimum absolute atomic E-state index is 0.163. The normalized spacial score (nSPS) is 10.5. The highest BCUT2D eigenvalue weighted by Gasteiger charge is 2.10. The Balaban J connectivity index is 2.01. The van der Waals surface area contributed by atoms with E-state index in [9.17, 15) is 4.79 Å². The predicted octanol–water partition coefficient (Wildman–Crippen LogP) is 4.26. The summed E-state index contributed by atoms with van der Waals surface area (Å²) in [6, 6.07) is 4.53. The number of hydrogen-bond acceptors (Lipinski definition) is 7. The largest absolute Gasteiger partial charge is 0.354 e. The van der Waals surface area contributed by atoms with E-state index in [0.717, 1.165) is 11.9 Å². The molecule has 2 amide bonds. The molecule has 0 radical (unpaired) electrons. The molecule has 1 aromatic heterocycles. The number of carbonyl (C=O) groups is 1. The van der Waals surface area contributed by atoms with Crippen LogP contribution in [0, 0.1) is 0 Å². The van der Waals surface area contributed by atoms with Crippen molar-refractivity contribution in [3.63, 3.8) is 0 Å². The zero-order chi connectivity index (χ0) is 19.1. The van der Waals surface area contributed by atoms with Crippen molar-refractivity contribution in [3.05, 3.63) is 28.2 Å². The fourth-order valence-electron chi connectivity index (χ4n) is 1.78. The summed E-state index contributed by atoms with van der Waals surface area (Å²) >= 11 is 12.8. The highest BCUT2D eigenvalue weighted by atomic mass is 35.5. The zero-order valence-corrected chi connectivity index (χ0v) is 16.8. The molecule has 0 unspecified atom stereocenters. The molecule has 0 aliphatic heterocycles. The minimum Gasteiger partial charge on any atom is -0.354 e. The van der Waals surface area contributed by atoms with E-state index < -0.39 is 6.03 Å². The molecular formula is C15H19Cl2N7OS. The lowest BCUT2D eigenvalue weighted by Gasteiger charge is -2.11. The van der Waals surface area contributed by atoms with Gasteiger partial charge in [0.1, 0.15) is 0 Å². The van der Waals surface area contributed by atoms with Crippen LogP contribution < -0.4 is 20.7 Å². The Hall–Kier alpha value is -1.97. The van der Waals surface area contributed by atoms with Gasteiger partial charge in [-0.2, -0.15) is 15.0 Å². The van der Waals surface area contributed by atoms with Crippen LogP contribution in [-0.4, -0.2) is 33.6 Å². The number of hydrogen-bond donors (Lipinski definition) is 4. The molecule has 1 heterocycles. The molecule has 0 saturated heterocycles. The number of nitrogens with zero attached hydrogens (tertiary/aromatic N) is 3.